The van der Waals surface area contributed by atoms with E-state index < -0.39 is 0 Å². The normalized spacial score (nSPS) is 19.3. The zero-order chi connectivity index (χ0) is 18.4. The monoisotopic (exact) mass is 420 g/mol. The van der Waals surface area contributed by atoms with Gasteiger partial charge < -0.3 is 9.80 Å². The van der Waals surface area contributed by atoms with Crippen LogP contribution in [0.3, 0.4) is 0 Å². The van der Waals surface area contributed by atoms with E-state index in [-0.39, 0.29) is 11.8 Å². The number of hydrogen-bond donors (Lipinski definition) is 0. The molecule has 1 saturated carbocycles. The van der Waals surface area contributed by atoms with Gasteiger partial charge in [-0.05, 0) is 37.0 Å². The first-order valence-electron chi connectivity index (χ1n) is 9.96. The Labute approximate surface area is 165 Å². The van der Waals surface area contributed by atoms with Gasteiger partial charge in [-0.25, -0.2) is 0 Å². The maximum Gasteiger partial charge on any atom is 0.253 e. The summed E-state index contributed by atoms with van der Waals surface area (Å²) >= 11 is 3.42. The minimum Gasteiger partial charge on any atom is -0.341 e. The molecule has 5 heteroatoms. The van der Waals surface area contributed by atoms with Gasteiger partial charge in [0.1, 0.15) is 0 Å². The first-order valence-corrected chi connectivity index (χ1v) is 10.8. The summed E-state index contributed by atoms with van der Waals surface area (Å²) in [4.78, 5) is 29.2. The Morgan fingerprint density at radius 1 is 0.962 bits per heavy atom. The SMILES string of the molecule is O=C(CCC1CCCCC1)N1CCCN(C(=O)c2cccc(Br)c2)CC1. The Morgan fingerprint density at radius 2 is 1.69 bits per heavy atom. The average molecular weight is 421 g/mol. The molecule has 3 rings (SSSR count). The van der Waals surface area contributed by atoms with Crippen molar-refractivity contribution in [2.45, 2.75) is 51.4 Å². The molecule has 142 valence electrons. The standard InChI is InChI=1S/C21H29BrN2O2/c22-19-9-4-8-18(16-19)21(26)24-13-5-12-23(14-15-24)20(25)11-10-17-6-2-1-3-7-17/h4,8-9,16-17H,1-3,5-7,10-15H2. The van der Waals surface area contributed by atoms with Crippen LogP contribution in [0.2, 0.25) is 0 Å². The van der Waals surface area contributed by atoms with E-state index in [9.17, 15) is 9.59 Å². The highest BCUT2D eigenvalue weighted by Gasteiger charge is 2.23. The molecule has 1 aliphatic carbocycles. The van der Waals surface area contributed by atoms with Crippen LogP contribution in [0.25, 0.3) is 0 Å². The average Bonchev–Trinajstić information content (AvgIpc) is 2.92. The third-order valence-electron chi connectivity index (χ3n) is 5.70. The number of carbonyl (C=O) groups excluding carboxylic acids is 2. The Kier molecular flexibility index (Phi) is 7.12. The fourth-order valence-electron chi connectivity index (χ4n) is 4.14. The Bertz CT molecular complexity index is 628. The molecule has 26 heavy (non-hydrogen) atoms. The summed E-state index contributed by atoms with van der Waals surface area (Å²) in [6.45, 7) is 2.77. The van der Waals surface area contributed by atoms with E-state index in [1.54, 1.807) is 0 Å². The van der Waals surface area contributed by atoms with Gasteiger partial charge in [-0.2, -0.15) is 0 Å². The zero-order valence-electron chi connectivity index (χ0n) is 15.5. The van der Waals surface area contributed by atoms with Gasteiger partial charge in [0.2, 0.25) is 5.91 Å². The highest BCUT2D eigenvalue weighted by atomic mass is 79.9. The van der Waals surface area contributed by atoms with Gasteiger partial charge in [-0.3, -0.25) is 9.59 Å². The highest BCUT2D eigenvalue weighted by Crippen LogP contribution is 2.27. The van der Waals surface area contributed by atoms with Crippen molar-refractivity contribution in [3.05, 3.63) is 34.3 Å². The van der Waals surface area contributed by atoms with E-state index in [0.717, 1.165) is 36.3 Å². The first-order chi connectivity index (χ1) is 12.6. The number of nitrogens with zero attached hydrogens (tertiary/aromatic N) is 2. The molecular formula is C21H29BrN2O2. The van der Waals surface area contributed by atoms with Gasteiger partial charge in [0.15, 0.2) is 0 Å². The molecule has 1 aromatic carbocycles. The molecule has 2 fully saturated rings. The number of amides is 2. The van der Waals surface area contributed by atoms with Gasteiger partial charge >= 0.3 is 0 Å². The van der Waals surface area contributed by atoms with Crippen molar-refractivity contribution < 1.29 is 9.59 Å². The number of benzene rings is 1. The van der Waals surface area contributed by atoms with Gasteiger partial charge in [0.25, 0.3) is 5.91 Å². The first kappa shape index (κ1) is 19.4. The Morgan fingerprint density at radius 3 is 2.46 bits per heavy atom. The van der Waals surface area contributed by atoms with E-state index in [1.165, 1.54) is 32.1 Å². The van der Waals surface area contributed by atoms with Gasteiger partial charge in [-0.15, -0.1) is 0 Å². The molecule has 4 nitrogen and oxygen atoms in total. The second-order valence-electron chi connectivity index (χ2n) is 7.58. The highest BCUT2D eigenvalue weighted by molar-refractivity contribution is 9.10. The molecule has 0 aromatic heterocycles. The third kappa shape index (κ3) is 5.32. The van der Waals surface area contributed by atoms with Crippen LogP contribution in [0, 0.1) is 5.92 Å². The van der Waals surface area contributed by atoms with Crippen LogP contribution >= 0.6 is 15.9 Å². The lowest BCUT2D eigenvalue weighted by molar-refractivity contribution is -0.131. The minimum atomic E-state index is 0.0582. The maximum absolute atomic E-state index is 12.7. The maximum atomic E-state index is 12.7. The van der Waals surface area contributed by atoms with E-state index in [0.29, 0.717) is 25.1 Å². The fraction of sp³-hybridized carbons (Fsp3) is 0.619. The smallest absolute Gasteiger partial charge is 0.253 e. The molecule has 0 unspecified atom stereocenters. The number of carbonyl (C=O) groups is 2. The van der Waals surface area contributed by atoms with Crippen molar-refractivity contribution in [3.8, 4) is 0 Å². The van der Waals surface area contributed by atoms with E-state index >= 15 is 0 Å². The number of hydrogen-bond acceptors (Lipinski definition) is 2. The summed E-state index contributed by atoms with van der Waals surface area (Å²) in [6, 6.07) is 7.52. The zero-order valence-corrected chi connectivity index (χ0v) is 17.0. The summed E-state index contributed by atoms with van der Waals surface area (Å²) in [5.41, 5.74) is 0.705. The predicted octanol–water partition coefficient (Wildman–Crippen LogP) is 4.48. The van der Waals surface area contributed by atoms with E-state index in [4.69, 9.17) is 0 Å². The molecule has 0 bridgehead atoms. The molecule has 0 spiro atoms. The van der Waals surface area contributed by atoms with Crippen LogP contribution in [-0.4, -0.2) is 47.8 Å². The van der Waals surface area contributed by atoms with Crippen molar-refractivity contribution in [1.29, 1.82) is 0 Å². The van der Waals surface area contributed by atoms with Gasteiger partial charge in [0, 0.05) is 42.6 Å². The van der Waals surface area contributed by atoms with Crippen LogP contribution < -0.4 is 0 Å². The molecular weight excluding hydrogens is 392 g/mol. The van der Waals surface area contributed by atoms with Crippen LogP contribution in [0.1, 0.15) is 61.7 Å². The molecule has 2 amide bonds. The van der Waals surface area contributed by atoms with Crippen LogP contribution in [-0.2, 0) is 4.79 Å². The summed E-state index contributed by atoms with van der Waals surface area (Å²) in [5, 5.41) is 0. The molecule has 1 aromatic rings. The van der Waals surface area contributed by atoms with Gasteiger partial charge in [0.05, 0.1) is 0 Å². The number of halogens is 1. The summed E-state index contributed by atoms with van der Waals surface area (Å²) in [5.74, 6) is 1.07. The molecule has 2 aliphatic rings. The van der Waals surface area contributed by atoms with Crippen molar-refractivity contribution in [2.75, 3.05) is 26.2 Å². The summed E-state index contributed by atoms with van der Waals surface area (Å²) < 4.78 is 0.915. The predicted molar refractivity (Wildman–Crippen MR) is 107 cm³/mol. The van der Waals surface area contributed by atoms with Crippen molar-refractivity contribution >= 4 is 27.7 Å². The Hall–Kier alpha value is -1.36. The van der Waals surface area contributed by atoms with Gasteiger partial charge in [-0.1, -0.05) is 54.1 Å². The quantitative estimate of drug-likeness (QED) is 0.719. The van der Waals surface area contributed by atoms with Crippen molar-refractivity contribution in [3.63, 3.8) is 0 Å². The second-order valence-corrected chi connectivity index (χ2v) is 8.50. The lowest BCUT2D eigenvalue weighted by Crippen LogP contribution is -2.37. The Balaban J connectivity index is 1.49. The summed E-state index contributed by atoms with van der Waals surface area (Å²) in [6.07, 6.45) is 9.17. The summed E-state index contributed by atoms with van der Waals surface area (Å²) in [7, 11) is 0. The fourth-order valence-corrected chi connectivity index (χ4v) is 4.53. The van der Waals surface area contributed by atoms with Crippen LogP contribution in [0.5, 0.6) is 0 Å². The largest absolute Gasteiger partial charge is 0.341 e. The molecule has 1 saturated heterocycles. The molecule has 0 radical (unpaired) electrons. The third-order valence-corrected chi connectivity index (χ3v) is 6.19. The van der Waals surface area contributed by atoms with Crippen LogP contribution in [0.15, 0.2) is 28.7 Å². The topological polar surface area (TPSA) is 40.6 Å². The van der Waals surface area contributed by atoms with Crippen molar-refractivity contribution in [1.82, 2.24) is 9.80 Å². The van der Waals surface area contributed by atoms with E-state index in [2.05, 4.69) is 15.9 Å². The lowest BCUT2D eigenvalue weighted by Gasteiger charge is -2.24. The van der Waals surface area contributed by atoms with E-state index in [1.807, 2.05) is 34.1 Å². The lowest BCUT2D eigenvalue weighted by atomic mass is 9.86. The molecule has 1 heterocycles. The molecule has 1 aliphatic heterocycles. The second kappa shape index (κ2) is 9.54. The molecule has 0 N–H and O–H groups in total. The number of rotatable bonds is 4. The van der Waals surface area contributed by atoms with Crippen molar-refractivity contribution in [2.24, 2.45) is 5.92 Å². The van der Waals surface area contributed by atoms with Crippen LogP contribution in [0.4, 0.5) is 0 Å². The minimum absolute atomic E-state index is 0.0582. The molecule has 0 atom stereocenters.